The first-order valence-electron chi connectivity index (χ1n) is 9.95. The van der Waals surface area contributed by atoms with Crippen molar-refractivity contribution in [2.45, 2.75) is 26.8 Å². The van der Waals surface area contributed by atoms with Crippen molar-refractivity contribution in [2.24, 2.45) is 4.99 Å². The second-order valence-electron chi connectivity index (χ2n) is 6.89. The number of aromatic nitrogens is 1. The topological polar surface area (TPSA) is 70.7 Å². The van der Waals surface area contributed by atoms with Crippen LogP contribution >= 0.6 is 24.0 Å². The first-order valence-corrected chi connectivity index (χ1v) is 9.95. The molecule has 7 heteroatoms. The Bertz CT molecular complexity index is 984. The zero-order valence-corrected chi connectivity index (χ0v) is 20.4. The Morgan fingerprint density at radius 3 is 2.63 bits per heavy atom. The van der Waals surface area contributed by atoms with E-state index in [1.165, 1.54) is 22.0 Å². The number of H-pyrrole nitrogens is 1. The SMILES string of the molecule is CCNC(=NCc1cccc(OC)c1OC)NCCc1c[nH]c2cc(C)ccc12.I. The minimum atomic E-state index is 0. The van der Waals surface area contributed by atoms with Crippen molar-refractivity contribution in [2.75, 3.05) is 27.3 Å². The summed E-state index contributed by atoms with van der Waals surface area (Å²) in [6.45, 7) is 6.26. The van der Waals surface area contributed by atoms with Crippen LogP contribution in [-0.2, 0) is 13.0 Å². The fraction of sp³-hybridized carbons (Fsp3) is 0.348. The molecule has 0 aliphatic heterocycles. The number of methoxy groups -OCH3 is 2. The molecule has 0 aliphatic carbocycles. The highest BCUT2D eigenvalue weighted by Crippen LogP contribution is 2.31. The normalized spacial score (nSPS) is 11.1. The number of rotatable bonds is 8. The van der Waals surface area contributed by atoms with Gasteiger partial charge in [-0.1, -0.05) is 24.3 Å². The molecule has 1 aromatic heterocycles. The summed E-state index contributed by atoms with van der Waals surface area (Å²) in [6, 6.07) is 12.4. The molecule has 3 aromatic rings. The molecule has 0 aliphatic rings. The summed E-state index contributed by atoms with van der Waals surface area (Å²) in [5, 5.41) is 8.01. The second kappa shape index (κ2) is 11.7. The molecule has 0 saturated heterocycles. The van der Waals surface area contributed by atoms with Gasteiger partial charge in [-0.25, -0.2) is 4.99 Å². The predicted octanol–water partition coefficient (Wildman–Crippen LogP) is 4.41. The van der Waals surface area contributed by atoms with Gasteiger partial charge in [-0.05, 0) is 43.5 Å². The molecule has 2 aromatic carbocycles. The van der Waals surface area contributed by atoms with E-state index in [9.17, 15) is 0 Å². The molecule has 162 valence electrons. The van der Waals surface area contributed by atoms with Gasteiger partial charge in [0, 0.05) is 35.8 Å². The van der Waals surface area contributed by atoms with Crippen molar-refractivity contribution in [1.82, 2.24) is 15.6 Å². The molecule has 0 radical (unpaired) electrons. The first kappa shape index (κ1) is 23.9. The van der Waals surface area contributed by atoms with Gasteiger partial charge in [0.15, 0.2) is 17.5 Å². The summed E-state index contributed by atoms with van der Waals surface area (Å²) in [6.07, 6.45) is 3.01. The van der Waals surface area contributed by atoms with Gasteiger partial charge >= 0.3 is 0 Å². The molecular formula is C23H31IN4O2. The molecule has 0 bridgehead atoms. The summed E-state index contributed by atoms with van der Waals surface area (Å²) in [5.41, 5.74) is 4.73. The molecule has 0 fully saturated rings. The van der Waals surface area contributed by atoms with Gasteiger partial charge in [0.05, 0.1) is 20.8 Å². The summed E-state index contributed by atoms with van der Waals surface area (Å²) in [4.78, 5) is 8.07. The molecule has 0 spiro atoms. The van der Waals surface area contributed by atoms with Crippen molar-refractivity contribution < 1.29 is 9.47 Å². The predicted molar refractivity (Wildman–Crippen MR) is 135 cm³/mol. The first-order chi connectivity index (χ1) is 14.2. The van der Waals surface area contributed by atoms with Crippen LogP contribution in [0.15, 0.2) is 47.6 Å². The average molecular weight is 522 g/mol. The number of nitrogens with one attached hydrogen (secondary N) is 3. The van der Waals surface area contributed by atoms with E-state index in [1.54, 1.807) is 14.2 Å². The number of guanidine groups is 1. The maximum Gasteiger partial charge on any atom is 0.191 e. The van der Waals surface area contributed by atoms with Crippen LogP contribution in [0.1, 0.15) is 23.6 Å². The number of hydrogen-bond acceptors (Lipinski definition) is 3. The highest BCUT2D eigenvalue weighted by atomic mass is 127. The van der Waals surface area contributed by atoms with E-state index in [1.807, 2.05) is 18.2 Å². The van der Waals surface area contributed by atoms with Gasteiger partial charge in [-0.2, -0.15) is 0 Å². The van der Waals surface area contributed by atoms with Crippen LogP contribution in [0.4, 0.5) is 0 Å². The lowest BCUT2D eigenvalue weighted by Gasteiger charge is -2.13. The fourth-order valence-corrected chi connectivity index (χ4v) is 3.41. The Morgan fingerprint density at radius 2 is 1.90 bits per heavy atom. The van der Waals surface area contributed by atoms with Gasteiger partial charge < -0.3 is 25.1 Å². The van der Waals surface area contributed by atoms with E-state index in [0.717, 1.165) is 36.8 Å². The van der Waals surface area contributed by atoms with Crippen LogP contribution < -0.4 is 20.1 Å². The number of halogens is 1. The molecule has 30 heavy (non-hydrogen) atoms. The number of hydrogen-bond donors (Lipinski definition) is 3. The second-order valence-corrected chi connectivity index (χ2v) is 6.89. The lowest BCUT2D eigenvalue weighted by Crippen LogP contribution is -2.38. The summed E-state index contributed by atoms with van der Waals surface area (Å²) < 4.78 is 10.9. The molecule has 0 amide bonds. The molecule has 0 saturated carbocycles. The number of nitrogens with zero attached hydrogens (tertiary/aromatic N) is 1. The van der Waals surface area contributed by atoms with Gasteiger partial charge in [-0.15, -0.1) is 24.0 Å². The van der Waals surface area contributed by atoms with E-state index in [0.29, 0.717) is 12.3 Å². The van der Waals surface area contributed by atoms with Crippen molar-refractivity contribution in [1.29, 1.82) is 0 Å². The quantitative estimate of drug-likeness (QED) is 0.233. The van der Waals surface area contributed by atoms with E-state index in [4.69, 9.17) is 14.5 Å². The lowest BCUT2D eigenvalue weighted by atomic mass is 10.1. The van der Waals surface area contributed by atoms with E-state index in [-0.39, 0.29) is 24.0 Å². The molecule has 1 heterocycles. The van der Waals surface area contributed by atoms with Crippen LogP contribution in [0.5, 0.6) is 11.5 Å². The van der Waals surface area contributed by atoms with Crippen molar-refractivity contribution in [3.8, 4) is 11.5 Å². The van der Waals surface area contributed by atoms with E-state index in [2.05, 4.69) is 53.9 Å². The van der Waals surface area contributed by atoms with Crippen molar-refractivity contribution in [3.63, 3.8) is 0 Å². The summed E-state index contributed by atoms with van der Waals surface area (Å²) in [7, 11) is 3.29. The highest BCUT2D eigenvalue weighted by Gasteiger charge is 2.09. The van der Waals surface area contributed by atoms with Gasteiger partial charge in [0.25, 0.3) is 0 Å². The number of ether oxygens (including phenoxy) is 2. The third-order valence-corrected chi connectivity index (χ3v) is 4.85. The molecule has 3 N–H and O–H groups in total. The van der Waals surface area contributed by atoms with Crippen LogP contribution in [0, 0.1) is 6.92 Å². The summed E-state index contributed by atoms with van der Waals surface area (Å²) >= 11 is 0. The average Bonchev–Trinajstić information content (AvgIpc) is 3.13. The maximum absolute atomic E-state index is 5.50. The Morgan fingerprint density at radius 1 is 1.07 bits per heavy atom. The van der Waals surface area contributed by atoms with Gasteiger partial charge in [0.1, 0.15) is 0 Å². The third kappa shape index (κ3) is 5.81. The summed E-state index contributed by atoms with van der Waals surface area (Å²) in [5.74, 6) is 2.23. The largest absolute Gasteiger partial charge is 0.493 e. The monoisotopic (exact) mass is 522 g/mol. The Kier molecular flexibility index (Phi) is 9.29. The molecule has 0 unspecified atom stereocenters. The zero-order chi connectivity index (χ0) is 20.6. The van der Waals surface area contributed by atoms with Crippen LogP contribution in [0.25, 0.3) is 10.9 Å². The lowest BCUT2D eigenvalue weighted by molar-refractivity contribution is 0.352. The van der Waals surface area contributed by atoms with Crippen LogP contribution in [0.2, 0.25) is 0 Å². The van der Waals surface area contributed by atoms with Crippen molar-refractivity contribution in [3.05, 3.63) is 59.3 Å². The molecule has 6 nitrogen and oxygen atoms in total. The minimum Gasteiger partial charge on any atom is -0.493 e. The number of aryl methyl sites for hydroxylation is 1. The van der Waals surface area contributed by atoms with Gasteiger partial charge in [0.2, 0.25) is 0 Å². The zero-order valence-electron chi connectivity index (χ0n) is 18.0. The van der Waals surface area contributed by atoms with Gasteiger partial charge in [-0.3, -0.25) is 0 Å². The van der Waals surface area contributed by atoms with E-state index < -0.39 is 0 Å². The maximum atomic E-state index is 5.50. The molecule has 0 atom stereocenters. The molecular weight excluding hydrogens is 491 g/mol. The van der Waals surface area contributed by atoms with Crippen LogP contribution in [0.3, 0.4) is 0 Å². The Hall–Kier alpha value is -2.42. The van der Waals surface area contributed by atoms with E-state index >= 15 is 0 Å². The standard InChI is InChI=1S/C23H30N4O2.HI/c1-5-24-23(27-15-18-7-6-8-21(28-3)22(18)29-4)25-12-11-17-14-26-20-13-16(2)9-10-19(17)20;/h6-10,13-14,26H,5,11-12,15H2,1-4H3,(H2,24,25,27);1H. The van der Waals surface area contributed by atoms with Crippen molar-refractivity contribution >= 4 is 40.8 Å². The number of aromatic amines is 1. The number of para-hydroxylation sites is 1. The highest BCUT2D eigenvalue weighted by molar-refractivity contribution is 14.0. The van der Waals surface area contributed by atoms with Crippen LogP contribution in [-0.4, -0.2) is 38.3 Å². The Labute approximate surface area is 195 Å². The minimum absolute atomic E-state index is 0. The number of aliphatic imine (C=N–C) groups is 1. The third-order valence-electron chi connectivity index (χ3n) is 4.85. The molecule has 3 rings (SSSR count). The fourth-order valence-electron chi connectivity index (χ4n) is 3.41. The number of benzene rings is 2. The smallest absolute Gasteiger partial charge is 0.191 e. The number of fused-ring (bicyclic) bond motifs is 1. The Balaban J connectivity index is 0.00000320.